The number of primary amides is 1. The van der Waals surface area contributed by atoms with Crippen molar-refractivity contribution in [2.75, 3.05) is 6.54 Å². The molecule has 3 heteroatoms. The number of nitrogens with one attached hydrogen (secondary N) is 1. The molecule has 1 unspecified atom stereocenters. The predicted octanol–water partition coefficient (Wildman–Crippen LogP) is 1.03. The molecule has 0 aromatic rings. The number of nitrogens with two attached hydrogens (primary N) is 1. The SMILES string of the molecule is CCCCCCNC(C)C(N)=O. The molecule has 72 valence electrons. The van der Waals surface area contributed by atoms with Gasteiger partial charge in [0.2, 0.25) is 5.91 Å². The van der Waals surface area contributed by atoms with Crippen LogP contribution in [-0.2, 0) is 4.79 Å². The zero-order chi connectivity index (χ0) is 9.40. The van der Waals surface area contributed by atoms with Crippen LogP contribution in [0.2, 0.25) is 0 Å². The van der Waals surface area contributed by atoms with Crippen LogP contribution in [0.1, 0.15) is 39.5 Å². The summed E-state index contributed by atoms with van der Waals surface area (Å²) in [6.07, 6.45) is 4.87. The summed E-state index contributed by atoms with van der Waals surface area (Å²) in [6.45, 7) is 4.87. The van der Waals surface area contributed by atoms with E-state index in [9.17, 15) is 4.79 Å². The van der Waals surface area contributed by atoms with Gasteiger partial charge < -0.3 is 11.1 Å². The van der Waals surface area contributed by atoms with Crippen LogP contribution in [0.5, 0.6) is 0 Å². The average molecular weight is 172 g/mol. The number of hydrogen-bond donors (Lipinski definition) is 2. The Bertz CT molecular complexity index is 126. The third-order valence-electron chi connectivity index (χ3n) is 1.91. The highest BCUT2D eigenvalue weighted by Gasteiger charge is 2.05. The van der Waals surface area contributed by atoms with Crippen molar-refractivity contribution in [3.05, 3.63) is 0 Å². The second kappa shape index (κ2) is 7.10. The van der Waals surface area contributed by atoms with Crippen LogP contribution in [0.25, 0.3) is 0 Å². The minimum atomic E-state index is -0.273. The van der Waals surface area contributed by atoms with Crippen LogP contribution in [0.4, 0.5) is 0 Å². The summed E-state index contributed by atoms with van der Waals surface area (Å²) in [5.74, 6) is -0.273. The maximum absolute atomic E-state index is 10.6. The van der Waals surface area contributed by atoms with Gasteiger partial charge in [-0.3, -0.25) is 4.79 Å². The third-order valence-corrected chi connectivity index (χ3v) is 1.91. The summed E-state index contributed by atoms with van der Waals surface area (Å²) in [5.41, 5.74) is 5.08. The normalized spacial score (nSPS) is 12.8. The summed E-state index contributed by atoms with van der Waals surface area (Å²) in [7, 11) is 0. The van der Waals surface area contributed by atoms with Gasteiger partial charge >= 0.3 is 0 Å². The van der Waals surface area contributed by atoms with Gasteiger partial charge in [0, 0.05) is 0 Å². The molecule has 3 N–H and O–H groups in total. The molecule has 0 radical (unpaired) electrons. The van der Waals surface area contributed by atoms with Gasteiger partial charge in [-0.2, -0.15) is 0 Å². The fourth-order valence-corrected chi connectivity index (χ4v) is 0.971. The van der Waals surface area contributed by atoms with E-state index in [1.54, 1.807) is 6.92 Å². The first-order valence-electron chi connectivity index (χ1n) is 4.71. The van der Waals surface area contributed by atoms with Gasteiger partial charge in [0.15, 0.2) is 0 Å². The monoisotopic (exact) mass is 172 g/mol. The third kappa shape index (κ3) is 6.16. The molecular weight excluding hydrogens is 152 g/mol. The van der Waals surface area contributed by atoms with Crippen molar-refractivity contribution in [3.8, 4) is 0 Å². The maximum atomic E-state index is 10.6. The highest BCUT2D eigenvalue weighted by Crippen LogP contribution is 1.97. The molecule has 1 amide bonds. The largest absolute Gasteiger partial charge is 0.368 e. The standard InChI is InChI=1S/C9H20N2O/c1-3-4-5-6-7-11-8(2)9(10)12/h8,11H,3-7H2,1-2H3,(H2,10,12). The number of carbonyl (C=O) groups is 1. The maximum Gasteiger partial charge on any atom is 0.234 e. The highest BCUT2D eigenvalue weighted by molar-refractivity contribution is 5.79. The van der Waals surface area contributed by atoms with Gasteiger partial charge in [-0.05, 0) is 19.9 Å². The Kier molecular flexibility index (Phi) is 6.76. The van der Waals surface area contributed by atoms with E-state index in [1.807, 2.05) is 0 Å². The molecule has 12 heavy (non-hydrogen) atoms. The zero-order valence-electron chi connectivity index (χ0n) is 8.10. The van der Waals surface area contributed by atoms with Crippen molar-refractivity contribution in [3.63, 3.8) is 0 Å². The molecule has 0 spiro atoms. The molecule has 0 aliphatic rings. The molecular formula is C9H20N2O. The van der Waals surface area contributed by atoms with Crippen molar-refractivity contribution >= 4 is 5.91 Å². The van der Waals surface area contributed by atoms with Crippen molar-refractivity contribution in [1.82, 2.24) is 5.32 Å². The van der Waals surface area contributed by atoms with Crippen molar-refractivity contribution < 1.29 is 4.79 Å². The molecule has 0 rings (SSSR count). The Morgan fingerprint density at radius 3 is 2.58 bits per heavy atom. The van der Waals surface area contributed by atoms with E-state index in [2.05, 4.69) is 12.2 Å². The second-order valence-corrected chi connectivity index (χ2v) is 3.14. The lowest BCUT2D eigenvalue weighted by molar-refractivity contribution is -0.119. The summed E-state index contributed by atoms with van der Waals surface area (Å²) >= 11 is 0. The molecule has 0 fully saturated rings. The summed E-state index contributed by atoms with van der Waals surface area (Å²) in [4.78, 5) is 10.6. The van der Waals surface area contributed by atoms with Crippen molar-refractivity contribution in [2.24, 2.45) is 5.73 Å². The predicted molar refractivity (Wildman–Crippen MR) is 50.8 cm³/mol. The number of rotatable bonds is 7. The van der Waals surface area contributed by atoms with E-state index < -0.39 is 0 Å². The van der Waals surface area contributed by atoms with Gasteiger partial charge in [-0.25, -0.2) is 0 Å². The van der Waals surface area contributed by atoms with Crippen molar-refractivity contribution in [1.29, 1.82) is 0 Å². The Morgan fingerprint density at radius 1 is 1.42 bits per heavy atom. The molecule has 0 saturated heterocycles. The van der Waals surface area contributed by atoms with Crippen LogP contribution in [0.3, 0.4) is 0 Å². The Hall–Kier alpha value is -0.570. The Morgan fingerprint density at radius 2 is 2.08 bits per heavy atom. The summed E-state index contributed by atoms with van der Waals surface area (Å²) in [6, 6.07) is -0.188. The van der Waals surface area contributed by atoms with E-state index in [0.717, 1.165) is 13.0 Å². The topological polar surface area (TPSA) is 55.1 Å². The van der Waals surface area contributed by atoms with Crippen LogP contribution >= 0.6 is 0 Å². The minimum absolute atomic E-state index is 0.188. The molecule has 1 atom stereocenters. The quantitative estimate of drug-likeness (QED) is 0.563. The van der Waals surface area contributed by atoms with Gasteiger partial charge in [-0.15, -0.1) is 0 Å². The van der Waals surface area contributed by atoms with Gasteiger partial charge in [-0.1, -0.05) is 26.2 Å². The van der Waals surface area contributed by atoms with Crippen LogP contribution in [0, 0.1) is 0 Å². The fourth-order valence-electron chi connectivity index (χ4n) is 0.971. The fraction of sp³-hybridized carbons (Fsp3) is 0.889. The van der Waals surface area contributed by atoms with Gasteiger partial charge in [0.1, 0.15) is 0 Å². The second-order valence-electron chi connectivity index (χ2n) is 3.14. The lowest BCUT2D eigenvalue weighted by atomic mass is 10.2. The van der Waals surface area contributed by atoms with E-state index in [4.69, 9.17) is 5.73 Å². The lowest BCUT2D eigenvalue weighted by Crippen LogP contribution is -2.39. The van der Waals surface area contributed by atoms with E-state index in [1.165, 1.54) is 19.3 Å². The van der Waals surface area contributed by atoms with E-state index in [0.29, 0.717) is 0 Å². The highest BCUT2D eigenvalue weighted by atomic mass is 16.1. The van der Waals surface area contributed by atoms with Crippen molar-refractivity contribution in [2.45, 2.75) is 45.6 Å². The summed E-state index contributed by atoms with van der Waals surface area (Å²) < 4.78 is 0. The minimum Gasteiger partial charge on any atom is -0.368 e. The first-order valence-corrected chi connectivity index (χ1v) is 4.71. The molecule has 0 saturated carbocycles. The average Bonchev–Trinajstić information content (AvgIpc) is 2.03. The molecule has 0 aliphatic carbocycles. The van der Waals surface area contributed by atoms with Crippen LogP contribution < -0.4 is 11.1 Å². The first kappa shape index (κ1) is 11.4. The molecule has 0 heterocycles. The summed E-state index contributed by atoms with van der Waals surface area (Å²) in [5, 5.41) is 3.07. The first-order chi connectivity index (χ1) is 5.68. The van der Waals surface area contributed by atoms with E-state index in [-0.39, 0.29) is 11.9 Å². The van der Waals surface area contributed by atoms with Gasteiger partial charge in [0.05, 0.1) is 6.04 Å². The number of unbranched alkanes of at least 4 members (excludes halogenated alkanes) is 3. The number of amides is 1. The van der Waals surface area contributed by atoms with Crippen LogP contribution in [-0.4, -0.2) is 18.5 Å². The van der Waals surface area contributed by atoms with Gasteiger partial charge in [0.25, 0.3) is 0 Å². The molecule has 3 nitrogen and oxygen atoms in total. The lowest BCUT2D eigenvalue weighted by Gasteiger charge is -2.08. The number of carbonyl (C=O) groups excluding carboxylic acids is 1. The zero-order valence-corrected chi connectivity index (χ0v) is 8.10. The molecule has 0 aliphatic heterocycles. The Balaban J connectivity index is 3.14. The Labute approximate surface area is 74.7 Å². The molecule has 0 bridgehead atoms. The smallest absolute Gasteiger partial charge is 0.234 e. The van der Waals surface area contributed by atoms with E-state index >= 15 is 0 Å². The van der Waals surface area contributed by atoms with Crippen LogP contribution in [0.15, 0.2) is 0 Å². The molecule has 0 aromatic carbocycles. The molecule has 0 aromatic heterocycles. The number of hydrogen-bond acceptors (Lipinski definition) is 2.